The molecule has 1 saturated heterocycles. The Labute approximate surface area is 204 Å². The molecule has 0 spiro atoms. The van der Waals surface area contributed by atoms with E-state index < -0.39 is 15.9 Å². The number of hydrogen-bond donors (Lipinski definition) is 2. The molecule has 35 heavy (non-hydrogen) atoms. The predicted octanol–water partition coefficient (Wildman–Crippen LogP) is 3.10. The summed E-state index contributed by atoms with van der Waals surface area (Å²) in [5.41, 5.74) is 4.92. The quantitative estimate of drug-likeness (QED) is 0.368. The minimum absolute atomic E-state index is 0.0383. The SMILES string of the molecule is COc1ccc(NS(=O)(=O)c2cccc(C(=O)N/N=C/c3ccc(N4CCOCC4)cc3)c2)cc1. The van der Waals surface area contributed by atoms with Gasteiger partial charge in [-0.05, 0) is 60.2 Å². The number of nitrogens with one attached hydrogen (secondary N) is 2. The van der Waals surface area contributed by atoms with Gasteiger partial charge in [0.15, 0.2) is 0 Å². The third kappa shape index (κ3) is 6.37. The maximum Gasteiger partial charge on any atom is 0.271 e. The number of hydrogen-bond acceptors (Lipinski definition) is 7. The molecule has 1 aliphatic heterocycles. The van der Waals surface area contributed by atoms with Crippen LogP contribution in [-0.2, 0) is 14.8 Å². The Morgan fingerprint density at radius 3 is 2.43 bits per heavy atom. The van der Waals surface area contributed by atoms with E-state index in [0.29, 0.717) is 11.4 Å². The fourth-order valence-corrected chi connectivity index (χ4v) is 4.60. The summed E-state index contributed by atoms with van der Waals surface area (Å²) >= 11 is 0. The maximum atomic E-state index is 12.8. The van der Waals surface area contributed by atoms with Gasteiger partial charge in [0.25, 0.3) is 15.9 Å². The van der Waals surface area contributed by atoms with Gasteiger partial charge < -0.3 is 14.4 Å². The molecule has 1 amide bonds. The lowest BCUT2D eigenvalue weighted by Gasteiger charge is -2.28. The number of methoxy groups -OCH3 is 1. The van der Waals surface area contributed by atoms with Crippen molar-refractivity contribution in [3.63, 3.8) is 0 Å². The lowest BCUT2D eigenvalue weighted by Crippen LogP contribution is -2.36. The van der Waals surface area contributed by atoms with Crippen LogP contribution in [0, 0.1) is 0 Å². The van der Waals surface area contributed by atoms with E-state index in [1.165, 1.54) is 37.6 Å². The largest absolute Gasteiger partial charge is 0.497 e. The molecule has 0 atom stereocenters. The van der Waals surface area contributed by atoms with Crippen LogP contribution in [0.25, 0.3) is 0 Å². The standard InChI is InChI=1S/C25H26N4O5S/c1-33-23-11-7-21(8-12-23)28-35(31,32)24-4-2-3-20(17-24)25(30)27-26-18-19-5-9-22(10-6-19)29-13-15-34-16-14-29/h2-12,17-18,28H,13-16H2,1H3,(H,27,30)/b26-18+. The summed E-state index contributed by atoms with van der Waals surface area (Å²) in [7, 11) is -2.36. The van der Waals surface area contributed by atoms with Crippen LogP contribution in [0.1, 0.15) is 15.9 Å². The molecular weight excluding hydrogens is 468 g/mol. The van der Waals surface area contributed by atoms with E-state index in [1.807, 2.05) is 24.3 Å². The summed E-state index contributed by atoms with van der Waals surface area (Å²) in [5, 5.41) is 4.00. The van der Waals surface area contributed by atoms with E-state index in [0.717, 1.165) is 37.6 Å². The van der Waals surface area contributed by atoms with Crippen molar-refractivity contribution >= 4 is 33.5 Å². The average Bonchev–Trinajstić information content (AvgIpc) is 2.90. The topological polar surface area (TPSA) is 109 Å². The van der Waals surface area contributed by atoms with Crippen molar-refractivity contribution in [2.45, 2.75) is 4.90 Å². The Hall–Kier alpha value is -3.89. The lowest BCUT2D eigenvalue weighted by atomic mass is 10.2. The number of nitrogens with zero attached hydrogens (tertiary/aromatic N) is 2. The van der Waals surface area contributed by atoms with E-state index in [1.54, 1.807) is 24.3 Å². The molecule has 0 saturated carbocycles. The number of rotatable bonds is 8. The first kappa shape index (κ1) is 24.2. The van der Waals surface area contributed by atoms with Gasteiger partial charge in [-0.25, -0.2) is 13.8 Å². The Morgan fingerprint density at radius 1 is 1.03 bits per heavy atom. The molecule has 0 radical (unpaired) electrons. The van der Waals surface area contributed by atoms with Gasteiger partial charge in [0.1, 0.15) is 5.75 Å². The van der Waals surface area contributed by atoms with Gasteiger partial charge in [-0.1, -0.05) is 18.2 Å². The first-order valence-corrected chi connectivity index (χ1v) is 12.5. The second kappa shape index (κ2) is 11.0. The van der Waals surface area contributed by atoms with Gasteiger partial charge in [0.05, 0.1) is 31.4 Å². The van der Waals surface area contributed by atoms with Gasteiger partial charge in [0, 0.05) is 30.0 Å². The van der Waals surface area contributed by atoms with E-state index >= 15 is 0 Å². The van der Waals surface area contributed by atoms with Crippen LogP contribution in [0.4, 0.5) is 11.4 Å². The van der Waals surface area contributed by atoms with Gasteiger partial charge in [-0.15, -0.1) is 0 Å². The van der Waals surface area contributed by atoms with Gasteiger partial charge in [0.2, 0.25) is 0 Å². The van der Waals surface area contributed by atoms with Crippen molar-refractivity contribution in [2.75, 3.05) is 43.0 Å². The van der Waals surface area contributed by atoms with Crippen LogP contribution in [0.15, 0.2) is 82.8 Å². The molecule has 10 heteroatoms. The molecule has 1 fully saturated rings. The van der Waals surface area contributed by atoms with Crippen LogP contribution in [0.5, 0.6) is 5.75 Å². The van der Waals surface area contributed by atoms with Crippen molar-refractivity contribution in [1.82, 2.24) is 5.43 Å². The molecule has 0 aromatic heterocycles. The summed E-state index contributed by atoms with van der Waals surface area (Å²) in [6.45, 7) is 3.15. The van der Waals surface area contributed by atoms with Crippen LogP contribution < -0.4 is 19.8 Å². The minimum Gasteiger partial charge on any atom is -0.497 e. The second-order valence-electron chi connectivity index (χ2n) is 7.75. The zero-order valence-corrected chi connectivity index (χ0v) is 20.0. The highest BCUT2D eigenvalue weighted by atomic mass is 32.2. The zero-order valence-electron chi connectivity index (χ0n) is 19.2. The molecule has 1 aliphatic rings. The number of carbonyl (C=O) groups is 1. The smallest absolute Gasteiger partial charge is 0.271 e. The molecule has 3 aromatic carbocycles. The van der Waals surface area contributed by atoms with Crippen molar-refractivity contribution in [1.29, 1.82) is 0 Å². The monoisotopic (exact) mass is 494 g/mol. The fraction of sp³-hybridized carbons (Fsp3) is 0.200. The summed E-state index contributed by atoms with van der Waals surface area (Å²) in [4.78, 5) is 14.7. The number of carbonyl (C=O) groups excluding carboxylic acids is 1. The highest BCUT2D eigenvalue weighted by molar-refractivity contribution is 7.92. The lowest BCUT2D eigenvalue weighted by molar-refractivity contribution is 0.0955. The molecule has 0 bridgehead atoms. The molecule has 3 aromatic rings. The number of sulfonamides is 1. The summed E-state index contributed by atoms with van der Waals surface area (Å²) in [5.74, 6) is 0.0906. The van der Waals surface area contributed by atoms with Crippen LogP contribution >= 0.6 is 0 Å². The molecule has 1 heterocycles. The summed E-state index contributed by atoms with van der Waals surface area (Å²) in [6.07, 6.45) is 1.53. The van der Waals surface area contributed by atoms with Crippen LogP contribution in [-0.4, -0.2) is 54.0 Å². The van der Waals surface area contributed by atoms with Crippen molar-refractivity contribution < 1.29 is 22.7 Å². The van der Waals surface area contributed by atoms with Gasteiger partial charge >= 0.3 is 0 Å². The number of benzene rings is 3. The third-order valence-corrected chi connectivity index (χ3v) is 6.78. The van der Waals surface area contributed by atoms with Crippen LogP contribution in [0.2, 0.25) is 0 Å². The molecule has 2 N–H and O–H groups in total. The van der Waals surface area contributed by atoms with Crippen molar-refractivity contribution in [3.8, 4) is 5.75 Å². The fourth-order valence-electron chi connectivity index (χ4n) is 3.50. The van der Waals surface area contributed by atoms with E-state index in [-0.39, 0.29) is 10.5 Å². The number of hydrazone groups is 1. The highest BCUT2D eigenvalue weighted by Crippen LogP contribution is 2.20. The number of ether oxygens (including phenoxy) is 2. The van der Waals surface area contributed by atoms with E-state index in [2.05, 4.69) is 20.1 Å². The zero-order chi connectivity index (χ0) is 24.7. The van der Waals surface area contributed by atoms with E-state index in [4.69, 9.17) is 9.47 Å². The van der Waals surface area contributed by atoms with Crippen molar-refractivity contribution in [3.05, 3.63) is 83.9 Å². The molecule has 0 aliphatic carbocycles. The normalized spacial score (nSPS) is 14.0. The third-order valence-electron chi connectivity index (χ3n) is 5.40. The Morgan fingerprint density at radius 2 is 1.74 bits per heavy atom. The summed E-state index contributed by atoms with van der Waals surface area (Å²) in [6, 6.07) is 20.1. The van der Waals surface area contributed by atoms with Gasteiger partial charge in [-0.2, -0.15) is 5.10 Å². The first-order valence-electron chi connectivity index (χ1n) is 11.0. The van der Waals surface area contributed by atoms with Gasteiger partial charge in [-0.3, -0.25) is 9.52 Å². The maximum absolute atomic E-state index is 12.8. The molecule has 182 valence electrons. The average molecular weight is 495 g/mol. The number of morpholine rings is 1. The molecule has 0 unspecified atom stereocenters. The Kier molecular flexibility index (Phi) is 7.64. The van der Waals surface area contributed by atoms with E-state index in [9.17, 15) is 13.2 Å². The number of amides is 1. The highest BCUT2D eigenvalue weighted by Gasteiger charge is 2.17. The molecule has 4 rings (SSSR count). The molecule has 9 nitrogen and oxygen atoms in total. The summed E-state index contributed by atoms with van der Waals surface area (Å²) < 4.78 is 38.5. The molecular formula is C25H26N4O5S. The predicted molar refractivity (Wildman–Crippen MR) is 135 cm³/mol. The second-order valence-corrected chi connectivity index (χ2v) is 9.43. The van der Waals surface area contributed by atoms with Crippen molar-refractivity contribution in [2.24, 2.45) is 5.10 Å². The van der Waals surface area contributed by atoms with Crippen LogP contribution in [0.3, 0.4) is 0 Å². The number of anilines is 2. The Balaban J connectivity index is 1.37. The minimum atomic E-state index is -3.89. The Bertz CT molecular complexity index is 1290. The first-order chi connectivity index (χ1) is 16.9.